The number of H-pyrrole nitrogens is 1. The van der Waals surface area contributed by atoms with E-state index in [9.17, 15) is 4.79 Å². The molecule has 0 saturated carbocycles. The maximum absolute atomic E-state index is 13.3. The molecule has 0 spiro atoms. The van der Waals surface area contributed by atoms with Crippen molar-refractivity contribution in [3.8, 4) is 22.5 Å². The monoisotopic (exact) mass is 568 g/mol. The molecule has 2 N–H and O–H groups in total. The highest BCUT2D eigenvalue weighted by Gasteiger charge is 2.17. The van der Waals surface area contributed by atoms with E-state index < -0.39 is 0 Å². The van der Waals surface area contributed by atoms with Crippen molar-refractivity contribution in [3.63, 3.8) is 0 Å². The summed E-state index contributed by atoms with van der Waals surface area (Å²) in [5, 5.41) is 18.9. The molecule has 0 saturated heterocycles. The van der Waals surface area contributed by atoms with Crippen LogP contribution in [0, 0.1) is 13.8 Å². The van der Waals surface area contributed by atoms with Crippen LogP contribution in [0.5, 0.6) is 0 Å². The molecule has 2 aromatic heterocycles. The van der Waals surface area contributed by atoms with Crippen molar-refractivity contribution in [2.75, 3.05) is 0 Å². The van der Waals surface area contributed by atoms with Crippen LogP contribution in [0.2, 0.25) is 0 Å². The summed E-state index contributed by atoms with van der Waals surface area (Å²) in [6.07, 6.45) is 0. The normalized spacial score (nSPS) is 12.1. The first-order valence-corrected chi connectivity index (χ1v) is 14.7. The van der Waals surface area contributed by atoms with Gasteiger partial charge in [-0.3, -0.25) is 4.79 Å². The van der Waals surface area contributed by atoms with Gasteiger partial charge in [0.25, 0.3) is 5.91 Å². The Morgan fingerprint density at radius 1 is 0.860 bits per heavy atom. The number of rotatable bonds is 8. The minimum Gasteiger partial charge on any atom is -0.346 e. The second-order valence-electron chi connectivity index (χ2n) is 11.5. The zero-order chi connectivity index (χ0) is 30.1. The van der Waals surface area contributed by atoms with Crippen molar-refractivity contribution in [2.24, 2.45) is 0 Å². The third-order valence-corrected chi connectivity index (χ3v) is 8.45. The van der Waals surface area contributed by atoms with Crippen LogP contribution >= 0.6 is 0 Å². The number of carbonyl (C=O) groups is 1. The van der Waals surface area contributed by atoms with E-state index in [1.54, 1.807) is 0 Å². The molecule has 0 aliphatic heterocycles. The van der Waals surface area contributed by atoms with Gasteiger partial charge in [0.05, 0.1) is 6.04 Å². The number of tetrazole rings is 1. The van der Waals surface area contributed by atoms with E-state index in [2.05, 4.69) is 119 Å². The van der Waals surface area contributed by atoms with E-state index in [4.69, 9.17) is 0 Å². The van der Waals surface area contributed by atoms with Gasteiger partial charge in [-0.15, -0.1) is 10.2 Å². The minimum absolute atomic E-state index is 0.0640. The van der Waals surface area contributed by atoms with Crippen molar-refractivity contribution in [1.29, 1.82) is 0 Å². The molecule has 6 rings (SSSR count). The molecular weight excluding hydrogens is 532 g/mol. The quantitative estimate of drug-likeness (QED) is 0.196. The number of aryl methyl sites for hydroxylation is 1. The number of aromatic amines is 1. The minimum atomic E-state index is -0.0866. The number of aromatic nitrogens is 5. The highest BCUT2D eigenvalue weighted by Crippen LogP contribution is 2.31. The molecule has 1 atom stereocenters. The maximum Gasteiger partial charge on any atom is 0.251 e. The molecule has 43 heavy (non-hydrogen) atoms. The zero-order valence-electron chi connectivity index (χ0n) is 25.2. The van der Waals surface area contributed by atoms with Gasteiger partial charge in [0.15, 0.2) is 0 Å². The fourth-order valence-electron chi connectivity index (χ4n) is 5.72. The largest absolute Gasteiger partial charge is 0.346 e. The summed E-state index contributed by atoms with van der Waals surface area (Å²) in [5.41, 5.74) is 10.8. The Bertz CT molecular complexity index is 1900. The Hall–Kier alpha value is -5.04. The Morgan fingerprint density at radius 3 is 2.33 bits per heavy atom. The van der Waals surface area contributed by atoms with Gasteiger partial charge in [-0.2, -0.15) is 5.21 Å². The Kier molecular flexibility index (Phi) is 7.63. The van der Waals surface area contributed by atoms with Crippen molar-refractivity contribution >= 4 is 16.8 Å². The summed E-state index contributed by atoms with van der Waals surface area (Å²) in [7, 11) is 0. The van der Waals surface area contributed by atoms with E-state index in [1.807, 2.05) is 37.3 Å². The molecule has 0 radical (unpaired) electrons. The third-order valence-electron chi connectivity index (χ3n) is 8.45. The number of nitrogens with zero attached hydrogens (tertiary/aromatic N) is 4. The molecule has 0 fully saturated rings. The van der Waals surface area contributed by atoms with E-state index in [0.29, 0.717) is 17.3 Å². The SMILES string of the molecule is Cc1c(C)n(Cc2ccc(-c3ccccc3-c3nn[nH]n3)cc2)c2ccc(C(=O)N[C@@H](C)c3cccc(C(C)C)c3)cc12. The number of fused-ring (bicyclic) bond motifs is 1. The van der Waals surface area contributed by atoms with Crippen molar-refractivity contribution in [1.82, 2.24) is 30.5 Å². The number of nitrogens with one attached hydrogen (secondary N) is 2. The molecule has 0 bridgehead atoms. The second-order valence-corrected chi connectivity index (χ2v) is 11.5. The van der Waals surface area contributed by atoms with Gasteiger partial charge in [-0.25, -0.2) is 0 Å². The molecule has 7 nitrogen and oxygen atoms in total. The highest BCUT2D eigenvalue weighted by molar-refractivity contribution is 5.99. The number of amides is 1. The van der Waals surface area contributed by atoms with Crippen molar-refractivity contribution in [3.05, 3.63) is 125 Å². The Balaban J connectivity index is 1.22. The average molecular weight is 569 g/mol. The molecule has 2 heterocycles. The van der Waals surface area contributed by atoms with E-state index >= 15 is 0 Å². The lowest BCUT2D eigenvalue weighted by molar-refractivity contribution is 0.0940. The molecule has 1 amide bonds. The van der Waals surface area contributed by atoms with E-state index in [1.165, 1.54) is 22.4 Å². The van der Waals surface area contributed by atoms with Crippen LogP contribution in [0.15, 0.2) is 91.0 Å². The number of hydrogen-bond donors (Lipinski definition) is 2. The lowest BCUT2D eigenvalue weighted by Gasteiger charge is -2.16. The molecular formula is C36H36N6O. The lowest BCUT2D eigenvalue weighted by atomic mass is 9.98. The van der Waals surface area contributed by atoms with Crippen molar-refractivity contribution < 1.29 is 4.79 Å². The average Bonchev–Trinajstić information content (AvgIpc) is 3.65. The standard InChI is InChI=1S/C36H36N6O/c1-22(2)28-9-8-10-29(19-28)24(4)37-36(43)30-17-18-34-33(20-30)23(3)25(5)42(34)21-26-13-15-27(16-14-26)31-11-6-7-12-32(31)35-38-40-41-39-35/h6-20,22,24H,21H2,1-5H3,(H,37,43)(H,38,39,40,41)/t24-/m0/s1. The third kappa shape index (κ3) is 5.58. The summed E-state index contributed by atoms with van der Waals surface area (Å²) in [6.45, 7) is 11.4. The van der Waals surface area contributed by atoms with Gasteiger partial charge >= 0.3 is 0 Å². The number of carbonyl (C=O) groups excluding carboxylic acids is 1. The summed E-state index contributed by atoms with van der Waals surface area (Å²) >= 11 is 0. The predicted molar refractivity (Wildman–Crippen MR) is 172 cm³/mol. The summed E-state index contributed by atoms with van der Waals surface area (Å²) in [5.74, 6) is 0.955. The molecule has 7 heteroatoms. The zero-order valence-corrected chi connectivity index (χ0v) is 25.2. The van der Waals surface area contributed by atoms with Crippen LogP contribution in [0.4, 0.5) is 0 Å². The van der Waals surface area contributed by atoms with Gasteiger partial charge in [-0.1, -0.05) is 86.6 Å². The first-order chi connectivity index (χ1) is 20.8. The maximum atomic E-state index is 13.3. The molecule has 0 aliphatic carbocycles. The van der Waals surface area contributed by atoms with E-state index in [0.717, 1.165) is 39.7 Å². The topological polar surface area (TPSA) is 88.5 Å². The number of benzene rings is 4. The van der Waals surface area contributed by atoms with Gasteiger partial charge in [0, 0.05) is 34.3 Å². The highest BCUT2D eigenvalue weighted by atomic mass is 16.1. The first kappa shape index (κ1) is 28.1. The van der Waals surface area contributed by atoms with Gasteiger partial charge in [0.2, 0.25) is 5.82 Å². The van der Waals surface area contributed by atoms with Crippen LogP contribution < -0.4 is 5.32 Å². The van der Waals surface area contributed by atoms with Crippen LogP contribution in [-0.2, 0) is 6.54 Å². The molecule has 216 valence electrons. The summed E-state index contributed by atoms with van der Waals surface area (Å²) in [4.78, 5) is 13.3. The Labute approximate surface area is 252 Å². The van der Waals surface area contributed by atoms with Gasteiger partial charge < -0.3 is 9.88 Å². The molecule has 4 aromatic carbocycles. The predicted octanol–water partition coefficient (Wildman–Crippen LogP) is 7.77. The molecule has 0 aliphatic rings. The van der Waals surface area contributed by atoms with E-state index in [-0.39, 0.29) is 11.9 Å². The van der Waals surface area contributed by atoms with Crippen LogP contribution in [0.3, 0.4) is 0 Å². The lowest BCUT2D eigenvalue weighted by Crippen LogP contribution is -2.26. The van der Waals surface area contributed by atoms with Crippen molar-refractivity contribution in [2.45, 2.75) is 53.1 Å². The van der Waals surface area contributed by atoms with Crippen LogP contribution in [0.25, 0.3) is 33.4 Å². The molecule has 6 aromatic rings. The first-order valence-electron chi connectivity index (χ1n) is 14.7. The fraction of sp³-hybridized carbons (Fsp3) is 0.222. The Morgan fingerprint density at radius 2 is 1.60 bits per heavy atom. The van der Waals surface area contributed by atoms with Crippen LogP contribution in [0.1, 0.15) is 71.0 Å². The summed E-state index contributed by atoms with van der Waals surface area (Å²) < 4.78 is 2.33. The summed E-state index contributed by atoms with van der Waals surface area (Å²) in [6, 6.07) is 31.1. The number of hydrogen-bond acceptors (Lipinski definition) is 4. The van der Waals surface area contributed by atoms with Gasteiger partial charge in [-0.05, 0) is 83.5 Å². The smallest absolute Gasteiger partial charge is 0.251 e. The van der Waals surface area contributed by atoms with Crippen LogP contribution in [-0.4, -0.2) is 31.1 Å². The fourth-order valence-corrected chi connectivity index (χ4v) is 5.72. The molecule has 0 unspecified atom stereocenters. The second kappa shape index (κ2) is 11.7. The van der Waals surface area contributed by atoms with Gasteiger partial charge in [0.1, 0.15) is 0 Å².